The number of nitrogens with zero attached hydrogens (tertiary/aromatic N) is 2. The molecule has 4 aromatic carbocycles. The number of hydrogen-bond acceptors (Lipinski definition) is 4. The molecule has 0 spiro atoms. The molecule has 0 atom stereocenters. The molecule has 0 radical (unpaired) electrons. The first kappa shape index (κ1) is 26.0. The molecular formula is C30H30N2O4S. The van der Waals surface area contributed by atoms with Crippen LogP contribution in [0.4, 0.5) is 5.69 Å². The van der Waals surface area contributed by atoms with Gasteiger partial charge in [0.25, 0.3) is 15.9 Å². The summed E-state index contributed by atoms with van der Waals surface area (Å²) in [5, 5.41) is 0. The number of carbonyl (C=O) groups excluding carboxylic acids is 1. The first-order valence-corrected chi connectivity index (χ1v) is 13.3. The van der Waals surface area contributed by atoms with Crippen molar-refractivity contribution in [3.63, 3.8) is 0 Å². The molecule has 0 fully saturated rings. The van der Waals surface area contributed by atoms with Crippen LogP contribution in [0.3, 0.4) is 0 Å². The quantitative estimate of drug-likeness (QED) is 0.289. The van der Waals surface area contributed by atoms with Crippen molar-refractivity contribution < 1.29 is 17.9 Å². The first-order valence-electron chi connectivity index (χ1n) is 11.9. The van der Waals surface area contributed by atoms with Crippen molar-refractivity contribution in [2.24, 2.45) is 0 Å². The number of anilines is 1. The molecule has 0 N–H and O–H groups in total. The third kappa shape index (κ3) is 6.01. The Morgan fingerprint density at radius 3 is 2.00 bits per heavy atom. The topological polar surface area (TPSA) is 66.9 Å². The Hall–Kier alpha value is -4.10. The summed E-state index contributed by atoms with van der Waals surface area (Å²) in [6, 6.07) is 30.4. The van der Waals surface area contributed by atoms with E-state index in [1.807, 2.05) is 61.5 Å². The number of carbonyl (C=O) groups is 1. The summed E-state index contributed by atoms with van der Waals surface area (Å²) < 4.78 is 34.4. The molecule has 0 aliphatic carbocycles. The lowest BCUT2D eigenvalue weighted by Gasteiger charge is -2.28. The molecular weight excluding hydrogens is 484 g/mol. The van der Waals surface area contributed by atoms with Crippen LogP contribution in [0.2, 0.25) is 0 Å². The SMILES string of the molecule is COc1ccc(S(=O)(=O)N(Cc2ccccc2)c2ccccc2C(=O)N(C)Cc2ccc(C)cc2)cc1. The maximum absolute atomic E-state index is 14.0. The molecule has 190 valence electrons. The molecule has 1 amide bonds. The number of methoxy groups -OCH3 is 1. The normalized spacial score (nSPS) is 11.1. The molecule has 0 heterocycles. The van der Waals surface area contributed by atoms with Gasteiger partial charge in [0.15, 0.2) is 0 Å². The number of para-hydroxylation sites is 1. The number of ether oxygens (including phenoxy) is 1. The number of amides is 1. The number of aryl methyl sites for hydroxylation is 1. The number of hydrogen-bond donors (Lipinski definition) is 0. The highest BCUT2D eigenvalue weighted by Gasteiger charge is 2.29. The second-order valence-corrected chi connectivity index (χ2v) is 10.7. The average Bonchev–Trinajstić information content (AvgIpc) is 2.93. The smallest absolute Gasteiger partial charge is 0.264 e. The fourth-order valence-electron chi connectivity index (χ4n) is 4.04. The predicted molar refractivity (Wildman–Crippen MR) is 146 cm³/mol. The lowest BCUT2D eigenvalue weighted by atomic mass is 10.1. The molecule has 4 aromatic rings. The molecule has 6 nitrogen and oxygen atoms in total. The van der Waals surface area contributed by atoms with Crippen LogP contribution in [0, 0.1) is 6.92 Å². The maximum Gasteiger partial charge on any atom is 0.264 e. The largest absolute Gasteiger partial charge is 0.497 e. The molecule has 4 rings (SSSR count). The average molecular weight is 515 g/mol. The Morgan fingerprint density at radius 1 is 0.757 bits per heavy atom. The Morgan fingerprint density at radius 2 is 1.35 bits per heavy atom. The summed E-state index contributed by atoms with van der Waals surface area (Å²) >= 11 is 0. The summed E-state index contributed by atoms with van der Waals surface area (Å²) in [5.41, 5.74) is 3.57. The summed E-state index contributed by atoms with van der Waals surface area (Å²) in [7, 11) is -0.767. The summed E-state index contributed by atoms with van der Waals surface area (Å²) in [6.45, 7) is 2.48. The van der Waals surface area contributed by atoms with E-state index < -0.39 is 10.0 Å². The van der Waals surface area contributed by atoms with Crippen molar-refractivity contribution in [2.45, 2.75) is 24.9 Å². The zero-order valence-corrected chi connectivity index (χ0v) is 22.0. The minimum absolute atomic E-state index is 0.0706. The molecule has 0 saturated carbocycles. The minimum Gasteiger partial charge on any atom is -0.497 e. The van der Waals surface area contributed by atoms with Crippen molar-refractivity contribution in [3.05, 3.63) is 125 Å². The van der Waals surface area contributed by atoms with Gasteiger partial charge in [-0.2, -0.15) is 0 Å². The first-order chi connectivity index (χ1) is 17.8. The highest BCUT2D eigenvalue weighted by Crippen LogP contribution is 2.31. The second kappa shape index (κ2) is 11.3. The van der Waals surface area contributed by atoms with E-state index in [1.54, 1.807) is 48.3 Å². The fourth-order valence-corrected chi connectivity index (χ4v) is 5.51. The van der Waals surface area contributed by atoms with E-state index in [2.05, 4.69) is 0 Å². The van der Waals surface area contributed by atoms with Crippen molar-refractivity contribution in [1.29, 1.82) is 0 Å². The van der Waals surface area contributed by atoms with Gasteiger partial charge in [-0.25, -0.2) is 8.42 Å². The lowest BCUT2D eigenvalue weighted by molar-refractivity contribution is 0.0786. The van der Waals surface area contributed by atoms with Crippen LogP contribution in [-0.4, -0.2) is 33.4 Å². The van der Waals surface area contributed by atoms with Crippen molar-refractivity contribution in [3.8, 4) is 5.75 Å². The zero-order chi connectivity index (χ0) is 26.4. The molecule has 0 unspecified atom stereocenters. The van der Waals surface area contributed by atoms with Crippen LogP contribution in [0.15, 0.2) is 108 Å². The van der Waals surface area contributed by atoms with Crippen molar-refractivity contribution >= 4 is 21.6 Å². The molecule has 0 saturated heterocycles. The van der Waals surface area contributed by atoms with E-state index in [1.165, 1.54) is 23.5 Å². The highest BCUT2D eigenvalue weighted by molar-refractivity contribution is 7.92. The van der Waals surface area contributed by atoms with Crippen molar-refractivity contribution in [1.82, 2.24) is 4.90 Å². The Bertz CT molecular complexity index is 1450. The van der Waals surface area contributed by atoms with Gasteiger partial charge in [-0.3, -0.25) is 9.10 Å². The predicted octanol–water partition coefficient (Wildman–Crippen LogP) is 5.67. The third-order valence-electron chi connectivity index (χ3n) is 6.11. The minimum atomic E-state index is -4.02. The Balaban J connectivity index is 1.74. The summed E-state index contributed by atoms with van der Waals surface area (Å²) in [6.07, 6.45) is 0. The Labute approximate surface area is 218 Å². The molecule has 0 aliphatic heterocycles. The molecule has 0 aromatic heterocycles. The lowest BCUT2D eigenvalue weighted by Crippen LogP contribution is -2.34. The molecule has 0 bridgehead atoms. The van der Waals surface area contributed by atoms with E-state index in [-0.39, 0.29) is 17.3 Å². The van der Waals surface area contributed by atoms with E-state index >= 15 is 0 Å². The van der Waals surface area contributed by atoms with Gasteiger partial charge >= 0.3 is 0 Å². The van der Waals surface area contributed by atoms with E-state index in [9.17, 15) is 13.2 Å². The van der Waals surface area contributed by atoms with Gasteiger partial charge in [-0.1, -0.05) is 72.3 Å². The van der Waals surface area contributed by atoms with Gasteiger partial charge in [-0.15, -0.1) is 0 Å². The van der Waals surface area contributed by atoms with Gasteiger partial charge in [0.2, 0.25) is 0 Å². The van der Waals surface area contributed by atoms with E-state index in [0.717, 1.165) is 16.7 Å². The number of rotatable bonds is 9. The van der Waals surface area contributed by atoms with Crippen LogP contribution in [0.5, 0.6) is 5.75 Å². The summed E-state index contributed by atoms with van der Waals surface area (Å²) in [4.78, 5) is 15.3. The molecule has 0 aliphatic rings. The fraction of sp³-hybridized carbons (Fsp3) is 0.167. The second-order valence-electron chi connectivity index (χ2n) is 8.84. The van der Waals surface area contributed by atoms with Gasteiger partial charge in [0.05, 0.1) is 29.8 Å². The van der Waals surface area contributed by atoms with Crippen LogP contribution >= 0.6 is 0 Å². The standard InChI is InChI=1S/C30H30N2O4S/c1-23-13-15-25(16-14-23)21-31(2)30(33)28-11-7-8-12-29(28)32(22-24-9-5-4-6-10-24)37(34,35)27-19-17-26(36-3)18-20-27/h4-20H,21-22H2,1-3H3. The van der Waals surface area contributed by atoms with Crippen LogP contribution in [0.25, 0.3) is 0 Å². The van der Waals surface area contributed by atoms with Gasteiger partial charge in [0.1, 0.15) is 5.75 Å². The number of sulfonamides is 1. The third-order valence-corrected chi connectivity index (χ3v) is 7.88. The highest BCUT2D eigenvalue weighted by atomic mass is 32.2. The molecule has 37 heavy (non-hydrogen) atoms. The van der Waals surface area contributed by atoms with Crippen LogP contribution in [0.1, 0.15) is 27.0 Å². The maximum atomic E-state index is 14.0. The Kier molecular flexibility index (Phi) is 7.94. The van der Waals surface area contributed by atoms with Crippen LogP contribution < -0.4 is 9.04 Å². The molecule has 7 heteroatoms. The van der Waals surface area contributed by atoms with E-state index in [4.69, 9.17) is 4.74 Å². The van der Waals surface area contributed by atoms with Gasteiger partial charge in [0, 0.05) is 13.6 Å². The van der Waals surface area contributed by atoms with Crippen LogP contribution in [-0.2, 0) is 23.1 Å². The van der Waals surface area contributed by atoms with Crippen molar-refractivity contribution in [2.75, 3.05) is 18.5 Å². The zero-order valence-electron chi connectivity index (χ0n) is 21.2. The number of benzene rings is 4. The monoisotopic (exact) mass is 514 g/mol. The van der Waals surface area contributed by atoms with E-state index in [0.29, 0.717) is 23.5 Å². The van der Waals surface area contributed by atoms with Gasteiger partial charge in [-0.05, 0) is 54.4 Å². The summed E-state index contributed by atoms with van der Waals surface area (Å²) in [5.74, 6) is 0.293. The van der Waals surface area contributed by atoms with Gasteiger partial charge < -0.3 is 9.64 Å².